The molecule has 0 N–H and O–H groups in total. The predicted molar refractivity (Wildman–Crippen MR) is 96.0 cm³/mol. The quantitative estimate of drug-likeness (QED) is 0.770. The highest BCUT2D eigenvalue weighted by Gasteiger charge is 2.30. The van der Waals surface area contributed by atoms with Crippen LogP contribution in [-0.2, 0) is 28.7 Å². The van der Waals surface area contributed by atoms with Crippen LogP contribution >= 0.6 is 0 Å². The molecule has 0 bridgehead atoms. The number of benzene rings is 2. The van der Waals surface area contributed by atoms with Gasteiger partial charge in [0.2, 0.25) is 5.91 Å². The number of piperidine rings is 1. The van der Waals surface area contributed by atoms with E-state index in [4.69, 9.17) is 4.74 Å². The number of rotatable bonds is 5. The number of carbonyl (C=O) groups excluding carboxylic acids is 1. The van der Waals surface area contributed by atoms with E-state index in [1.54, 1.807) is 11.0 Å². The number of hydrogen-bond donors (Lipinski definition) is 0. The molecule has 6 heteroatoms. The van der Waals surface area contributed by atoms with Crippen LogP contribution in [0.3, 0.4) is 0 Å². The molecule has 0 saturated carbocycles. The third kappa shape index (κ3) is 5.57. The molecule has 0 spiro atoms. The van der Waals surface area contributed by atoms with Crippen molar-refractivity contribution in [3.05, 3.63) is 71.3 Å². The minimum atomic E-state index is -4.36. The summed E-state index contributed by atoms with van der Waals surface area (Å²) in [5.41, 5.74) is 0.777. The van der Waals surface area contributed by atoms with Crippen molar-refractivity contribution in [3.63, 3.8) is 0 Å². The molecule has 2 aromatic rings. The number of ether oxygens (including phenoxy) is 1. The van der Waals surface area contributed by atoms with Crippen LogP contribution in [0.25, 0.3) is 0 Å². The van der Waals surface area contributed by atoms with Gasteiger partial charge in [-0.2, -0.15) is 13.2 Å². The number of hydrogen-bond acceptors (Lipinski definition) is 2. The Morgan fingerprint density at radius 2 is 1.81 bits per heavy atom. The van der Waals surface area contributed by atoms with Crippen molar-refractivity contribution >= 4 is 5.91 Å². The van der Waals surface area contributed by atoms with Crippen LogP contribution in [0.4, 0.5) is 13.2 Å². The summed E-state index contributed by atoms with van der Waals surface area (Å²) in [6.45, 7) is 1.27. The summed E-state index contributed by atoms with van der Waals surface area (Å²) in [4.78, 5) is 14.3. The van der Waals surface area contributed by atoms with Crippen molar-refractivity contribution in [2.75, 3.05) is 13.1 Å². The normalized spacial score (nSPS) is 17.7. The van der Waals surface area contributed by atoms with Crippen molar-refractivity contribution < 1.29 is 22.7 Å². The van der Waals surface area contributed by atoms with Gasteiger partial charge in [0.15, 0.2) is 0 Å². The molecule has 27 heavy (non-hydrogen) atoms. The number of nitrogens with zero attached hydrogens (tertiary/aromatic N) is 1. The van der Waals surface area contributed by atoms with E-state index in [1.165, 1.54) is 6.07 Å². The Bertz CT molecular complexity index is 762. The predicted octanol–water partition coefficient (Wildman–Crippen LogP) is 4.46. The van der Waals surface area contributed by atoms with Gasteiger partial charge in [0.25, 0.3) is 0 Å². The monoisotopic (exact) mass is 377 g/mol. The standard InChI is InChI=1S/C21H22F3NO2/c22-21(23,24)18-9-4-8-17(12-18)15-27-19-10-5-11-25(14-19)20(26)13-16-6-2-1-3-7-16/h1-4,6-9,12,19H,5,10-11,13-15H2. The summed E-state index contributed by atoms with van der Waals surface area (Å²) in [7, 11) is 0. The molecule has 1 aliphatic heterocycles. The molecule has 1 unspecified atom stereocenters. The van der Waals surface area contributed by atoms with Crippen molar-refractivity contribution in [1.29, 1.82) is 0 Å². The van der Waals surface area contributed by atoms with Gasteiger partial charge in [-0.15, -0.1) is 0 Å². The van der Waals surface area contributed by atoms with Gasteiger partial charge in [-0.25, -0.2) is 0 Å². The second kappa shape index (κ2) is 8.57. The first-order valence-corrected chi connectivity index (χ1v) is 9.01. The lowest BCUT2D eigenvalue weighted by molar-refractivity contribution is -0.138. The summed E-state index contributed by atoms with van der Waals surface area (Å²) in [5, 5.41) is 0. The van der Waals surface area contributed by atoms with E-state index in [0.29, 0.717) is 25.1 Å². The van der Waals surface area contributed by atoms with Crippen LogP contribution in [0.15, 0.2) is 54.6 Å². The molecular weight excluding hydrogens is 355 g/mol. The maximum absolute atomic E-state index is 12.8. The molecule has 1 atom stereocenters. The first-order chi connectivity index (χ1) is 12.9. The fourth-order valence-corrected chi connectivity index (χ4v) is 3.23. The molecule has 0 aliphatic carbocycles. The maximum Gasteiger partial charge on any atom is 0.416 e. The first kappa shape index (κ1) is 19.4. The van der Waals surface area contributed by atoms with E-state index >= 15 is 0 Å². The van der Waals surface area contributed by atoms with E-state index < -0.39 is 11.7 Å². The van der Waals surface area contributed by atoms with Crippen molar-refractivity contribution in [3.8, 4) is 0 Å². The van der Waals surface area contributed by atoms with Gasteiger partial charge in [0.05, 0.1) is 24.7 Å². The van der Waals surface area contributed by atoms with Crippen LogP contribution in [-0.4, -0.2) is 30.0 Å². The number of halogens is 3. The fraction of sp³-hybridized carbons (Fsp3) is 0.381. The van der Waals surface area contributed by atoms with Crippen molar-refractivity contribution in [2.45, 2.75) is 38.1 Å². The van der Waals surface area contributed by atoms with Crippen molar-refractivity contribution in [1.82, 2.24) is 4.90 Å². The molecule has 3 nitrogen and oxygen atoms in total. The third-order valence-corrected chi connectivity index (χ3v) is 4.67. The average Bonchev–Trinajstić information content (AvgIpc) is 2.67. The largest absolute Gasteiger partial charge is 0.416 e. The van der Waals surface area contributed by atoms with Gasteiger partial charge in [-0.3, -0.25) is 4.79 Å². The third-order valence-electron chi connectivity index (χ3n) is 4.67. The summed E-state index contributed by atoms with van der Waals surface area (Å²) < 4.78 is 44.2. The van der Waals surface area contributed by atoms with Crippen LogP contribution in [0.2, 0.25) is 0 Å². The molecule has 1 amide bonds. The van der Waals surface area contributed by atoms with Gasteiger partial charge in [-0.1, -0.05) is 42.5 Å². The van der Waals surface area contributed by atoms with Crippen LogP contribution in [0.5, 0.6) is 0 Å². The lowest BCUT2D eigenvalue weighted by Gasteiger charge is -2.33. The van der Waals surface area contributed by atoms with E-state index in [9.17, 15) is 18.0 Å². The molecular formula is C21H22F3NO2. The summed E-state index contributed by atoms with van der Waals surface area (Å²) >= 11 is 0. The Morgan fingerprint density at radius 1 is 1.07 bits per heavy atom. The van der Waals surface area contributed by atoms with Gasteiger partial charge in [-0.05, 0) is 36.1 Å². The minimum Gasteiger partial charge on any atom is -0.372 e. The highest BCUT2D eigenvalue weighted by molar-refractivity contribution is 5.78. The molecule has 2 aromatic carbocycles. The average molecular weight is 377 g/mol. The van der Waals surface area contributed by atoms with Gasteiger partial charge in [0.1, 0.15) is 0 Å². The number of amides is 1. The Hall–Kier alpha value is -2.34. The highest BCUT2D eigenvalue weighted by atomic mass is 19.4. The SMILES string of the molecule is O=C(Cc1ccccc1)N1CCCC(OCc2cccc(C(F)(F)F)c2)C1. The second-order valence-electron chi connectivity index (χ2n) is 6.78. The van der Waals surface area contributed by atoms with Gasteiger partial charge >= 0.3 is 6.18 Å². The zero-order valence-electron chi connectivity index (χ0n) is 14.9. The van der Waals surface area contributed by atoms with E-state index in [2.05, 4.69) is 0 Å². The zero-order valence-corrected chi connectivity index (χ0v) is 14.9. The van der Waals surface area contributed by atoms with E-state index in [0.717, 1.165) is 30.5 Å². The molecule has 0 radical (unpaired) electrons. The molecule has 1 heterocycles. The molecule has 1 aliphatic rings. The minimum absolute atomic E-state index is 0.0496. The van der Waals surface area contributed by atoms with E-state index in [1.807, 2.05) is 30.3 Å². The maximum atomic E-state index is 12.8. The zero-order chi connectivity index (χ0) is 19.3. The first-order valence-electron chi connectivity index (χ1n) is 9.01. The van der Waals surface area contributed by atoms with Crippen molar-refractivity contribution in [2.24, 2.45) is 0 Å². The summed E-state index contributed by atoms with van der Waals surface area (Å²) in [6.07, 6.45) is -2.54. The lowest BCUT2D eigenvalue weighted by atomic mass is 10.1. The Kier molecular flexibility index (Phi) is 6.16. The molecule has 144 valence electrons. The van der Waals surface area contributed by atoms with Gasteiger partial charge < -0.3 is 9.64 Å². The number of likely N-dealkylation sites (tertiary alicyclic amines) is 1. The molecule has 1 saturated heterocycles. The van der Waals surface area contributed by atoms with Crippen LogP contribution in [0.1, 0.15) is 29.5 Å². The van der Waals surface area contributed by atoms with Crippen LogP contribution in [0, 0.1) is 0 Å². The Labute approximate surface area is 156 Å². The number of carbonyl (C=O) groups is 1. The molecule has 3 rings (SSSR count). The van der Waals surface area contributed by atoms with Crippen LogP contribution < -0.4 is 0 Å². The highest BCUT2D eigenvalue weighted by Crippen LogP contribution is 2.29. The molecule has 0 aromatic heterocycles. The molecule has 1 fully saturated rings. The number of alkyl halides is 3. The fourth-order valence-electron chi connectivity index (χ4n) is 3.23. The smallest absolute Gasteiger partial charge is 0.372 e. The van der Waals surface area contributed by atoms with Gasteiger partial charge in [0, 0.05) is 13.1 Å². The topological polar surface area (TPSA) is 29.5 Å². The summed E-state index contributed by atoms with van der Waals surface area (Å²) in [5.74, 6) is 0.0496. The lowest BCUT2D eigenvalue weighted by Crippen LogP contribution is -2.43. The Morgan fingerprint density at radius 3 is 2.56 bits per heavy atom. The van der Waals surface area contributed by atoms with E-state index in [-0.39, 0.29) is 18.6 Å². The summed E-state index contributed by atoms with van der Waals surface area (Å²) in [6, 6.07) is 14.7. The Balaban J connectivity index is 1.53. The second-order valence-corrected chi connectivity index (χ2v) is 6.78.